The molecule has 0 unspecified atom stereocenters. The Kier molecular flexibility index (Phi) is 14.4. The number of aryl methyl sites for hydroxylation is 4. The molecule has 1 aliphatic rings. The van der Waals surface area contributed by atoms with E-state index in [9.17, 15) is 8.78 Å². The average molecular weight is 883 g/mol. The van der Waals surface area contributed by atoms with Crippen LogP contribution in [0.4, 0.5) is 25.8 Å². The van der Waals surface area contributed by atoms with Gasteiger partial charge in [0.2, 0.25) is 0 Å². The number of rotatable bonds is 12. The minimum atomic E-state index is -0.291. The molecule has 4 aromatic carbocycles. The summed E-state index contributed by atoms with van der Waals surface area (Å²) in [6.45, 7) is 6.42. The van der Waals surface area contributed by atoms with Crippen molar-refractivity contribution in [2.45, 2.75) is 65.2 Å². The van der Waals surface area contributed by atoms with Crippen LogP contribution in [0.25, 0.3) is 22.5 Å². The van der Waals surface area contributed by atoms with Crippen LogP contribution in [0.5, 0.6) is 0 Å². The smallest absolute Gasteiger partial charge is 0.0379 e. The van der Waals surface area contributed by atoms with Crippen molar-refractivity contribution in [1.29, 1.82) is 0 Å². The molecule has 0 fully saturated rings. The molecule has 275 valence electrons. The first-order chi connectivity index (χ1) is 25.4. The second-order valence-electron chi connectivity index (χ2n) is 13.1. The molecule has 7 heteroatoms. The maximum atomic E-state index is 13.4. The van der Waals surface area contributed by atoms with Crippen LogP contribution in [0.3, 0.4) is 0 Å². The topological polar surface area (TPSA) is 32.3 Å². The van der Waals surface area contributed by atoms with E-state index in [1.807, 2.05) is 18.2 Å². The third kappa shape index (κ3) is 10.7. The number of pyridine rings is 2. The quantitative estimate of drug-likeness (QED) is 0.0905. The minimum absolute atomic E-state index is 0. The summed E-state index contributed by atoms with van der Waals surface area (Å²) in [5.74, 6) is -0.582. The van der Waals surface area contributed by atoms with E-state index in [1.54, 1.807) is 12.1 Å². The van der Waals surface area contributed by atoms with Gasteiger partial charge in [-0.1, -0.05) is 62.1 Å². The van der Waals surface area contributed by atoms with Gasteiger partial charge in [0.1, 0.15) is 0 Å². The molecular formula is C46H44F2IrN4-4. The Balaban J connectivity index is 0.000000264. The molecule has 53 heavy (non-hydrogen) atoms. The monoisotopic (exact) mass is 883 g/mol. The zero-order valence-corrected chi connectivity index (χ0v) is 32.9. The summed E-state index contributed by atoms with van der Waals surface area (Å²) in [6.07, 6.45) is 7.83. The Bertz CT molecular complexity index is 1930. The third-order valence-corrected chi connectivity index (χ3v) is 8.93. The molecule has 2 aromatic heterocycles. The van der Waals surface area contributed by atoms with E-state index in [0.29, 0.717) is 0 Å². The Labute approximate surface area is 327 Å². The van der Waals surface area contributed by atoms with E-state index in [2.05, 4.69) is 110 Å². The second-order valence-corrected chi connectivity index (χ2v) is 13.1. The molecule has 4 nitrogen and oxygen atoms in total. The zero-order chi connectivity index (χ0) is 36.3. The van der Waals surface area contributed by atoms with E-state index in [0.717, 1.165) is 91.0 Å². The van der Waals surface area contributed by atoms with Gasteiger partial charge in [-0.15, -0.1) is 65.3 Å². The normalized spacial score (nSPS) is 11.8. The molecule has 0 amide bonds. The molecule has 0 aliphatic carbocycles. The number of aromatic nitrogens is 2. The Morgan fingerprint density at radius 3 is 1.62 bits per heavy atom. The van der Waals surface area contributed by atoms with Crippen molar-refractivity contribution < 1.29 is 28.9 Å². The van der Waals surface area contributed by atoms with Gasteiger partial charge >= 0.3 is 0 Å². The van der Waals surface area contributed by atoms with E-state index >= 15 is 0 Å². The van der Waals surface area contributed by atoms with Crippen molar-refractivity contribution in [2.24, 2.45) is 0 Å². The molecular weight excluding hydrogens is 839 g/mol. The van der Waals surface area contributed by atoms with Gasteiger partial charge in [-0.05, 0) is 81.2 Å². The predicted molar refractivity (Wildman–Crippen MR) is 208 cm³/mol. The van der Waals surface area contributed by atoms with Crippen molar-refractivity contribution >= 4 is 17.1 Å². The molecule has 0 saturated heterocycles. The molecule has 6 aromatic rings. The molecule has 7 rings (SSSR count). The molecule has 1 radical (unpaired) electrons. The SMILES string of the molecule is CCCc1cc(CCCCc2cc(CCC)cc(-c3[c-]cc(F)cc3)n2)nc(-c2[c-]cc(F)cc2)c1.CN1[CH-]N(c2[c-]cccc2)c2ccccc21.[Ir]. The molecule has 0 N–H and O–H groups in total. The number of unbranched alkanes of at least 4 members (excludes halogenated alkanes) is 1. The third-order valence-electron chi connectivity index (χ3n) is 8.93. The Hall–Kier alpha value is -4.71. The summed E-state index contributed by atoms with van der Waals surface area (Å²) in [5.41, 5.74) is 11.5. The standard InChI is InChI=1S/C32H32F2N2.C14H12N2.Ir/c1-3-7-23-19-29(35-31(21-23)25-11-15-27(33)16-12-25)9-5-6-10-30-20-24(8-4-2)22-32(36-30)26-13-17-28(34)18-14-26;1-15-11-16(12-7-3-2-4-8-12)14-10-6-5-9-13(14)15;/h11,13,15-22H,3-10H2,1-2H3;2-7,9-11H,1H3;/q2*-2;. The van der Waals surface area contributed by atoms with Crippen molar-refractivity contribution in [3.05, 3.63) is 168 Å². The summed E-state index contributed by atoms with van der Waals surface area (Å²) < 4.78 is 26.7. The number of fused-ring (bicyclic) bond motifs is 1. The van der Waals surface area contributed by atoms with Gasteiger partial charge in [0.25, 0.3) is 0 Å². The number of nitrogens with zero attached hydrogens (tertiary/aromatic N) is 4. The molecule has 0 bridgehead atoms. The van der Waals surface area contributed by atoms with Gasteiger partial charge in [-0.25, -0.2) is 0 Å². The van der Waals surface area contributed by atoms with Crippen LogP contribution in [-0.2, 0) is 45.8 Å². The first-order valence-electron chi connectivity index (χ1n) is 18.2. The van der Waals surface area contributed by atoms with E-state index in [-0.39, 0.29) is 31.7 Å². The van der Waals surface area contributed by atoms with Crippen molar-refractivity contribution in [3.8, 4) is 22.5 Å². The van der Waals surface area contributed by atoms with Crippen LogP contribution >= 0.6 is 0 Å². The number of hydrogen-bond donors (Lipinski definition) is 0. The Morgan fingerprint density at radius 2 is 1.15 bits per heavy atom. The van der Waals surface area contributed by atoms with Crippen molar-refractivity contribution in [2.75, 3.05) is 16.8 Å². The van der Waals surface area contributed by atoms with E-state index in [1.165, 1.54) is 46.8 Å². The summed E-state index contributed by atoms with van der Waals surface area (Å²) in [6, 6.07) is 43.3. The number of benzene rings is 4. The first kappa shape index (κ1) is 39.5. The maximum absolute atomic E-state index is 13.4. The molecule has 0 saturated carbocycles. The fraction of sp³-hybridized carbons (Fsp3) is 0.239. The van der Waals surface area contributed by atoms with E-state index in [4.69, 9.17) is 9.97 Å². The molecule has 3 heterocycles. The van der Waals surface area contributed by atoms with Crippen LogP contribution in [0.2, 0.25) is 0 Å². The van der Waals surface area contributed by atoms with Gasteiger partial charge < -0.3 is 19.8 Å². The first-order valence-corrected chi connectivity index (χ1v) is 18.2. The molecule has 0 spiro atoms. The van der Waals surface area contributed by atoms with Gasteiger partial charge in [-0.3, -0.25) is 8.78 Å². The molecule has 1 aliphatic heterocycles. The fourth-order valence-electron chi connectivity index (χ4n) is 6.43. The van der Waals surface area contributed by atoms with Crippen LogP contribution in [0.15, 0.2) is 109 Å². The number of halogens is 2. The van der Waals surface area contributed by atoms with Crippen LogP contribution in [-0.4, -0.2) is 17.0 Å². The van der Waals surface area contributed by atoms with Crippen molar-refractivity contribution in [3.63, 3.8) is 0 Å². The summed E-state index contributed by atoms with van der Waals surface area (Å²) in [7, 11) is 2.06. The molecule has 0 atom stereocenters. The predicted octanol–water partition coefficient (Wildman–Crippen LogP) is 11.4. The summed E-state index contributed by atoms with van der Waals surface area (Å²) >= 11 is 0. The zero-order valence-electron chi connectivity index (χ0n) is 30.5. The fourth-order valence-corrected chi connectivity index (χ4v) is 6.43. The largest absolute Gasteiger partial charge is 0.504 e. The van der Waals surface area contributed by atoms with Gasteiger partial charge in [0.15, 0.2) is 0 Å². The van der Waals surface area contributed by atoms with Crippen LogP contribution in [0, 0.1) is 36.5 Å². The van der Waals surface area contributed by atoms with Crippen LogP contribution < -0.4 is 9.80 Å². The minimum Gasteiger partial charge on any atom is -0.504 e. The van der Waals surface area contributed by atoms with E-state index < -0.39 is 0 Å². The maximum Gasteiger partial charge on any atom is 0.0379 e. The number of anilines is 3. The summed E-state index contributed by atoms with van der Waals surface area (Å²) in [4.78, 5) is 14.0. The Morgan fingerprint density at radius 1 is 0.623 bits per heavy atom. The number of hydrogen-bond acceptors (Lipinski definition) is 4. The number of para-hydroxylation sites is 3. The van der Waals surface area contributed by atoms with Crippen molar-refractivity contribution in [1.82, 2.24) is 9.97 Å². The van der Waals surface area contributed by atoms with Crippen LogP contribution in [0.1, 0.15) is 62.0 Å². The van der Waals surface area contributed by atoms with Gasteiger partial charge in [0, 0.05) is 54.5 Å². The average Bonchev–Trinajstić information content (AvgIpc) is 3.51. The summed E-state index contributed by atoms with van der Waals surface area (Å²) in [5, 5.41) is 0. The van der Waals surface area contributed by atoms with Gasteiger partial charge in [0.05, 0.1) is 0 Å². The second kappa shape index (κ2) is 19.4. The van der Waals surface area contributed by atoms with Gasteiger partial charge in [-0.2, -0.15) is 37.0 Å².